The van der Waals surface area contributed by atoms with Gasteiger partial charge in [0, 0.05) is 22.6 Å². The van der Waals surface area contributed by atoms with Gasteiger partial charge >= 0.3 is 0 Å². The van der Waals surface area contributed by atoms with Crippen LogP contribution in [0.3, 0.4) is 0 Å². The first kappa shape index (κ1) is 17.4. The molecule has 2 N–H and O–H groups in total. The summed E-state index contributed by atoms with van der Waals surface area (Å²) in [7, 11) is -3.41. The van der Waals surface area contributed by atoms with E-state index < -0.39 is 9.84 Å². The Morgan fingerprint density at radius 3 is 2.70 bits per heavy atom. The summed E-state index contributed by atoms with van der Waals surface area (Å²) in [5.74, 6) is -0.127. The Kier molecular flexibility index (Phi) is 5.38. The van der Waals surface area contributed by atoms with Gasteiger partial charge in [0.1, 0.15) is 10.7 Å². The second-order valence-electron chi connectivity index (χ2n) is 4.98. The number of aromatic nitrogens is 1. The second kappa shape index (κ2) is 7.10. The van der Waals surface area contributed by atoms with Crippen molar-refractivity contribution in [3.05, 3.63) is 46.6 Å². The van der Waals surface area contributed by atoms with Gasteiger partial charge in [-0.05, 0) is 42.8 Å². The van der Waals surface area contributed by atoms with Crippen molar-refractivity contribution in [1.82, 2.24) is 4.98 Å². The van der Waals surface area contributed by atoms with Gasteiger partial charge in [-0.2, -0.15) is 0 Å². The molecule has 0 saturated heterocycles. The maximum absolute atomic E-state index is 12.0. The van der Waals surface area contributed by atoms with E-state index >= 15 is 0 Å². The lowest BCUT2D eigenvalue weighted by atomic mass is 10.2. The van der Waals surface area contributed by atoms with Crippen LogP contribution in [0, 0.1) is 6.92 Å². The van der Waals surface area contributed by atoms with Crippen LogP contribution in [-0.4, -0.2) is 32.1 Å². The summed E-state index contributed by atoms with van der Waals surface area (Å²) in [6, 6.07) is 8.49. The highest BCUT2D eigenvalue weighted by atomic mass is 79.9. The summed E-state index contributed by atoms with van der Waals surface area (Å²) in [4.78, 5) is 16.1. The number of nitrogens with one attached hydrogen (secondary N) is 2. The number of rotatable bonds is 5. The molecule has 1 aromatic heterocycles. The van der Waals surface area contributed by atoms with Crippen molar-refractivity contribution >= 4 is 43.2 Å². The Balaban J connectivity index is 2.06. The molecule has 0 radical (unpaired) electrons. The van der Waals surface area contributed by atoms with Crippen molar-refractivity contribution < 1.29 is 13.2 Å². The van der Waals surface area contributed by atoms with E-state index in [9.17, 15) is 13.2 Å². The van der Waals surface area contributed by atoms with Crippen molar-refractivity contribution in [2.45, 2.75) is 11.8 Å². The molecule has 1 heterocycles. The monoisotopic (exact) mass is 397 g/mol. The third kappa shape index (κ3) is 4.77. The molecular weight excluding hydrogens is 382 g/mol. The van der Waals surface area contributed by atoms with Crippen molar-refractivity contribution in [1.29, 1.82) is 0 Å². The Labute approximate surface area is 143 Å². The number of pyridine rings is 1. The number of hydrogen-bond donors (Lipinski definition) is 2. The molecule has 122 valence electrons. The molecule has 0 bridgehead atoms. The van der Waals surface area contributed by atoms with Gasteiger partial charge in [0.05, 0.1) is 6.54 Å². The standard InChI is InChI=1S/C15H16BrN3O3S/c1-10-8-11(16)5-6-12(10)19-14(20)9-18-15-13(23(2,21)22)4-3-7-17-15/h3-8H,9H2,1-2H3,(H,17,18)(H,19,20). The minimum Gasteiger partial charge on any atom is -0.360 e. The Hall–Kier alpha value is -1.93. The van der Waals surface area contributed by atoms with Crippen LogP contribution in [-0.2, 0) is 14.6 Å². The molecule has 0 unspecified atom stereocenters. The van der Waals surface area contributed by atoms with Crippen LogP contribution in [0.5, 0.6) is 0 Å². The van der Waals surface area contributed by atoms with Crippen molar-refractivity contribution in [2.75, 3.05) is 23.4 Å². The quantitative estimate of drug-likeness (QED) is 0.809. The molecule has 8 heteroatoms. The van der Waals surface area contributed by atoms with Crippen LogP contribution >= 0.6 is 15.9 Å². The average molecular weight is 398 g/mol. The number of aryl methyl sites for hydroxylation is 1. The van der Waals surface area contributed by atoms with E-state index in [0.29, 0.717) is 5.69 Å². The highest BCUT2D eigenvalue weighted by Gasteiger charge is 2.14. The summed E-state index contributed by atoms with van der Waals surface area (Å²) >= 11 is 3.36. The van der Waals surface area contributed by atoms with Gasteiger partial charge < -0.3 is 10.6 Å². The Morgan fingerprint density at radius 1 is 1.30 bits per heavy atom. The van der Waals surface area contributed by atoms with Gasteiger partial charge in [-0.1, -0.05) is 15.9 Å². The van der Waals surface area contributed by atoms with E-state index in [-0.39, 0.29) is 23.2 Å². The molecule has 2 rings (SSSR count). The molecule has 0 aliphatic heterocycles. The van der Waals surface area contributed by atoms with Gasteiger partial charge in [0.2, 0.25) is 5.91 Å². The maximum atomic E-state index is 12.0. The van der Waals surface area contributed by atoms with E-state index in [1.54, 1.807) is 6.07 Å². The van der Waals surface area contributed by atoms with E-state index in [0.717, 1.165) is 16.3 Å². The lowest BCUT2D eigenvalue weighted by Crippen LogP contribution is -2.23. The molecule has 0 spiro atoms. The number of carbonyl (C=O) groups is 1. The normalized spacial score (nSPS) is 11.1. The summed E-state index contributed by atoms with van der Waals surface area (Å²) < 4.78 is 24.3. The minimum atomic E-state index is -3.41. The third-order valence-corrected chi connectivity index (χ3v) is 4.67. The molecule has 0 aliphatic carbocycles. The zero-order valence-electron chi connectivity index (χ0n) is 12.6. The molecule has 6 nitrogen and oxygen atoms in total. The van der Waals surface area contributed by atoms with Gasteiger partial charge in [-0.3, -0.25) is 4.79 Å². The highest BCUT2D eigenvalue weighted by molar-refractivity contribution is 9.10. The molecule has 1 amide bonds. The number of carbonyl (C=O) groups excluding carboxylic acids is 1. The van der Waals surface area contributed by atoms with Gasteiger partial charge in [0.25, 0.3) is 0 Å². The topological polar surface area (TPSA) is 88.2 Å². The van der Waals surface area contributed by atoms with Gasteiger partial charge in [-0.25, -0.2) is 13.4 Å². The number of halogens is 1. The number of benzene rings is 1. The molecule has 23 heavy (non-hydrogen) atoms. The molecule has 1 aromatic carbocycles. The molecule has 0 aliphatic rings. The zero-order chi connectivity index (χ0) is 17.0. The van der Waals surface area contributed by atoms with E-state index in [2.05, 4.69) is 31.5 Å². The number of sulfone groups is 1. The SMILES string of the molecule is Cc1cc(Br)ccc1NC(=O)CNc1ncccc1S(C)(=O)=O. The van der Waals surface area contributed by atoms with E-state index in [1.165, 1.54) is 18.3 Å². The van der Waals surface area contributed by atoms with Gasteiger partial charge in [0.15, 0.2) is 9.84 Å². The number of anilines is 2. The fraction of sp³-hybridized carbons (Fsp3) is 0.200. The Morgan fingerprint density at radius 2 is 2.04 bits per heavy atom. The minimum absolute atomic E-state index is 0.0626. The van der Waals surface area contributed by atoms with Gasteiger partial charge in [-0.15, -0.1) is 0 Å². The summed E-state index contributed by atoms with van der Waals surface area (Å²) in [6.07, 6.45) is 2.56. The van der Waals surface area contributed by atoms with Crippen LogP contribution in [0.25, 0.3) is 0 Å². The predicted octanol–water partition coefficient (Wildman–Crippen LogP) is 2.61. The lowest BCUT2D eigenvalue weighted by molar-refractivity contribution is -0.114. The Bertz CT molecular complexity index is 838. The smallest absolute Gasteiger partial charge is 0.243 e. The molecule has 0 fully saturated rings. The summed E-state index contributed by atoms with van der Waals surface area (Å²) in [6.45, 7) is 1.79. The third-order valence-electron chi connectivity index (χ3n) is 3.05. The first-order valence-corrected chi connectivity index (χ1v) is 9.41. The van der Waals surface area contributed by atoms with E-state index in [1.807, 2.05) is 19.1 Å². The fourth-order valence-electron chi connectivity index (χ4n) is 1.95. The van der Waals surface area contributed by atoms with Crippen LogP contribution in [0.1, 0.15) is 5.56 Å². The molecular formula is C15H16BrN3O3S. The molecule has 0 saturated carbocycles. The van der Waals surface area contributed by atoms with Crippen LogP contribution in [0.15, 0.2) is 45.9 Å². The predicted molar refractivity (Wildman–Crippen MR) is 93.3 cm³/mol. The second-order valence-corrected chi connectivity index (χ2v) is 7.88. The maximum Gasteiger partial charge on any atom is 0.243 e. The zero-order valence-corrected chi connectivity index (χ0v) is 15.0. The first-order valence-electron chi connectivity index (χ1n) is 6.72. The number of hydrogen-bond acceptors (Lipinski definition) is 5. The van der Waals surface area contributed by atoms with Crippen LogP contribution in [0.2, 0.25) is 0 Å². The largest absolute Gasteiger partial charge is 0.360 e. The van der Waals surface area contributed by atoms with Crippen LogP contribution < -0.4 is 10.6 Å². The number of amides is 1. The van der Waals surface area contributed by atoms with E-state index in [4.69, 9.17) is 0 Å². The first-order chi connectivity index (χ1) is 10.8. The molecule has 0 atom stereocenters. The summed E-state index contributed by atoms with van der Waals surface area (Å²) in [5, 5.41) is 5.53. The fourth-order valence-corrected chi connectivity index (χ4v) is 3.23. The lowest BCUT2D eigenvalue weighted by Gasteiger charge is -2.11. The van der Waals surface area contributed by atoms with Crippen LogP contribution in [0.4, 0.5) is 11.5 Å². The van der Waals surface area contributed by atoms with Crippen molar-refractivity contribution in [3.63, 3.8) is 0 Å². The molecule has 2 aromatic rings. The highest BCUT2D eigenvalue weighted by Crippen LogP contribution is 2.20. The van der Waals surface area contributed by atoms with Crippen molar-refractivity contribution in [2.24, 2.45) is 0 Å². The summed E-state index contributed by atoms with van der Waals surface area (Å²) in [5.41, 5.74) is 1.62. The van der Waals surface area contributed by atoms with Crippen molar-refractivity contribution in [3.8, 4) is 0 Å². The average Bonchev–Trinajstić information content (AvgIpc) is 2.47. The number of nitrogens with zero attached hydrogens (tertiary/aromatic N) is 1.